The fourth-order valence-corrected chi connectivity index (χ4v) is 3.42. The summed E-state index contributed by atoms with van der Waals surface area (Å²) in [4.78, 5) is 12.8. The second-order valence-corrected chi connectivity index (χ2v) is 6.35. The lowest BCUT2D eigenvalue weighted by atomic mass is 9.63. The molecule has 1 aromatic carbocycles. The summed E-state index contributed by atoms with van der Waals surface area (Å²) in [6.07, 6.45) is 4.26. The zero-order chi connectivity index (χ0) is 14.0. The Balaban J connectivity index is 0.00000161. The SMILES string of the molecule is CC1CCNCC1NC(=O)C1(c2ccccc2)CCC1.Cl. The van der Waals surface area contributed by atoms with Gasteiger partial charge in [-0.05, 0) is 37.3 Å². The maximum atomic E-state index is 12.8. The molecule has 0 spiro atoms. The zero-order valence-corrected chi connectivity index (χ0v) is 13.4. The van der Waals surface area contributed by atoms with Crippen LogP contribution < -0.4 is 10.6 Å². The molecular weight excluding hydrogens is 284 g/mol. The summed E-state index contributed by atoms with van der Waals surface area (Å²) >= 11 is 0. The zero-order valence-electron chi connectivity index (χ0n) is 12.6. The van der Waals surface area contributed by atoms with Crippen LogP contribution in [0, 0.1) is 5.92 Å². The van der Waals surface area contributed by atoms with E-state index in [9.17, 15) is 4.79 Å². The van der Waals surface area contributed by atoms with E-state index in [1.807, 2.05) is 18.2 Å². The van der Waals surface area contributed by atoms with Gasteiger partial charge < -0.3 is 10.6 Å². The van der Waals surface area contributed by atoms with Crippen LogP contribution in [0.5, 0.6) is 0 Å². The van der Waals surface area contributed by atoms with Crippen LogP contribution in [0.1, 0.15) is 38.2 Å². The molecule has 2 atom stereocenters. The summed E-state index contributed by atoms with van der Waals surface area (Å²) in [6, 6.07) is 10.6. The van der Waals surface area contributed by atoms with Crippen molar-refractivity contribution < 1.29 is 4.79 Å². The Hall–Kier alpha value is -1.06. The van der Waals surface area contributed by atoms with E-state index < -0.39 is 0 Å². The molecular formula is C17H25ClN2O. The number of piperidine rings is 1. The maximum absolute atomic E-state index is 12.8. The highest BCUT2D eigenvalue weighted by Gasteiger charge is 2.46. The fraction of sp³-hybridized carbons (Fsp3) is 0.588. The van der Waals surface area contributed by atoms with Gasteiger partial charge in [0.1, 0.15) is 0 Å². The Labute approximate surface area is 133 Å². The van der Waals surface area contributed by atoms with Crippen molar-refractivity contribution in [3.8, 4) is 0 Å². The monoisotopic (exact) mass is 308 g/mol. The summed E-state index contributed by atoms with van der Waals surface area (Å²) in [7, 11) is 0. The van der Waals surface area contributed by atoms with Gasteiger partial charge in [0.15, 0.2) is 0 Å². The first-order chi connectivity index (χ1) is 9.72. The molecule has 2 aliphatic rings. The molecule has 4 heteroatoms. The molecule has 3 nitrogen and oxygen atoms in total. The number of carbonyl (C=O) groups excluding carboxylic acids is 1. The van der Waals surface area contributed by atoms with Crippen LogP contribution in [0.15, 0.2) is 30.3 Å². The van der Waals surface area contributed by atoms with Crippen molar-refractivity contribution in [2.24, 2.45) is 5.92 Å². The van der Waals surface area contributed by atoms with Gasteiger partial charge in [-0.15, -0.1) is 12.4 Å². The van der Waals surface area contributed by atoms with Gasteiger partial charge in [-0.1, -0.05) is 43.7 Å². The van der Waals surface area contributed by atoms with E-state index in [1.165, 1.54) is 5.56 Å². The van der Waals surface area contributed by atoms with Gasteiger partial charge in [-0.25, -0.2) is 0 Å². The minimum atomic E-state index is -0.265. The molecule has 3 rings (SSSR count). The fourth-order valence-electron chi connectivity index (χ4n) is 3.42. The quantitative estimate of drug-likeness (QED) is 0.901. The molecule has 1 heterocycles. The highest BCUT2D eigenvalue weighted by Crippen LogP contribution is 2.44. The van der Waals surface area contributed by atoms with Crippen LogP contribution in [-0.4, -0.2) is 25.0 Å². The molecule has 2 unspecified atom stereocenters. The summed E-state index contributed by atoms with van der Waals surface area (Å²) in [5.41, 5.74) is 0.915. The van der Waals surface area contributed by atoms with Crippen molar-refractivity contribution >= 4 is 18.3 Å². The van der Waals surface area contributed by atoms with E-state index in [4.69, 9.17) is 0 Å². The van der Waals surface area contributed by atoms with E-state index in [2.05, 4.69) is 29.7 Å². The first-order valence-electron chi connectivity index (χ1n) is 7.79. The van der Waals surface area contributed by atoms with Gasteiger partial charge in [-0.3, -0.25) is 4.79 Å². The largest absolute Gasteiger partial charge is 0.351 e. The summed E-state index contributed by atoms with van der Waals surface area (Å²) in [5, 5.41) is 6.69. The summed E-state index contributed by atoms with van der Waals surface area (Å²) < 4.78 is 0. The molecule has 116 valence electrons. The molecule has 1 aliphatic carbocycles. The Morgan fingerprint density at radius 2 is 2.00 bits per heavy atom. The van der Waals surface area contributed by atoms with Crippen molar-refractivity contribution in [3.05, 3.63) is 35.9 Å². The first-order valence-corrected chi connectivity index (χ1v) is 7.79. The van der Waals surface area contributed by atoms with E-state index in [0.29, 0.717) is 5.92 Å². The van der Waals surface area contributed by atoms with Gasteiger partial charge in [0.2, 0.25) is 5.91 Å². The number of amides is 1. The number of hydrogen-bond acceptors (Lipinski definition) is 2. The Bertz CT molecular complexity index is 473. The average molecular weight is 309 g/mol. The smallest absolute Gasteiger partial charge is 0.230 e. The third kappa shape index (κ3) is 3.09. The van der Waals surface area contributed by atoms with Gasteiger partial charge in [0, 0.05) is 12.6 Å². The minimum Gasteiger partial charge on any atom is -0.351 e. The molecule has 2 N–H and O–H groups in total. The highest BCUT2D eigenvalue weighted by atomic mass is 35.5. The molecule has 21 heavy (non-hydrogen) atoms. The first kappa shape index (κ1) is 16.3. The molecule has 0 radical (unpaired) electrons. The standard InChI is InChI=1S/C17H24N2O.ClH/c1-13-8-11-18-12-15(13)19-16(20)17(9-5-10-17)14-6-3-2-4-7-14;/h2-4,6-7,13,15,18H,5,8-12H2,1H3,(H,19,20);1H. The molecule has 1 amide bonds. The van der Waals surface area contributed by atoms with Crippen LogP contribution in [0.4, 0.5) is 0 Å². The Morgan fingerprint density at radius 1 is 1.29 bits per heavy atom. The van der Waals surface area contributed by atoms with Crippen LogP contribution in [0.25, 0.3) is 0 Å². The van der Waals surface area contributed by atoms with E-state index in [-0.39, 0.29) is 29.8 Å². The lowest BCUT2D eigenvalue weighted by molar-refractivity contribution is -0.131. The topological polar surface area (TPSA) is 41.1 Å². The van der Waals surface area contributed by atoms with Crippen LogP contribution >= 0.6 is 12.4 Å². The number of carbonyl (C=O) groups is 1. The van der Waals surface area contributed by atoms with Gasteiger partial charge in [0.05, 0.1) is 5.41 Å². The molecule has 1 aliphatic heterocycles. The molecule has 0 bridgehead atoms. The van der Waals surface area contributed by atoms with Crippen LogP contribution in [-0.2, 0) is 10.2 Å². The number of nitrogens with one attached hydrogen (secondary N) is 2. The lowest BCUT2D eigenvalue weighted by Gasteiger charge is -2.43. The predicted molar refractivity (Wildman–Crippen MR) is 87.8 cm³/mol. The minimum absolute atomic E-state index is 0. The second kappa shape index (κ2) is 6.80. The number of benzene rings is 1. The normalized spacial score (nSPS) is 27.1. The van der Waals surface area contributed by atoms with Crippen molar-refractivity contribution in [1.29, 1.82) is 0 Å². The molecule has 1 aromatic rings. The van der Waals surface area contributed by atoms with Crippen LogP contribution in [0.2, 0.25) is 0 Å². The van der Waals surface area contributed by atoms with E-state index in [0.717, 1.165) is 38.8 Å². The molecule has 1 saturated heterocycles. The lowest BCUT2D eigenvalue weighted by Crippen LogP contribution is -2.57. The number of rotatable bonds is 3. The van der Waals surface area contributed by atoms with E-state index >= 15 is 0 Å². The Kier molecular flexibility index (Phi) is 5.28. The maximum Gasteiger partial charge on any atom is 0.230 e. The predicted octanol–water partition coefficient (Wildman–Crippen LogP) is 2.64. The molecule has 0 aromatic heterocycles. The molecule has 2 fully saturated rings. The second-order valence-electron chi connectivity index (χ2n) is 6.35. The number of hydrogen-bond donors (Lipinski definition) is 2. The van der Waals surface area contributed by atoms with Gasteiger partial charge in [0.25, 0.3) is 0 Å². The Morgan fingerprint density at radius 3 is 2.57 bits per heavy atom. The summed E-state index contributed by atoms with van der Waals surface area (Å²) in [5.74, 6) is 0.795. The van der Waals surface area contributed by atoms with Crippen molar-refractivity contribution in [2.75, 3.05) is 13.1 Å². The highest BCUT2D eigenvalue weighted by molar-refractivity contribution is 5.89. The summed E-state index contributed by atoms with van der Waals surface area (Å²) in [6.45, 7) is 4.21. The van der Waals surface area contributed by atoms with Gasteiger partial charge in [-0.2, -0.15) is 0 Å². The average Bonchev–Trinajstić information content (AvgIpc) is 2.41. The molecule has 1 saturated carbocycles. The third-order valence-corrected chi connectivity index (χ3v) is 5.11. The third-order valence-electron chi connectivity index (χ3n) is 5.11. The van der Waals surface area contributed by atoms with Gasteiger partial charge >= 0.3 is 0 Å². The van der Waals surface area contributed by atoms with Crippen molar-refractivity contribution in [3.63, 3.8) is 0 Å². The van der Waals surface area contributed by atoms with Crippen molar-refractivity contribution in [2.45, 2.75) is 44.1 Å². The van der Waals surface area contributed by atoms with Crippen LogP contribution in [0.3, 0.4) is 0 Å². The van der Waals surface area contributed by atoms with Crippen molar-refractivity contribution in [1.82, 2.24) is 10.6 Å². The number of halogens is 1. The van der Waals surface area contributed by atoms with E-state index in [1.54, 1.807) is 0 Å².